The van der Waals surface area contributed by atoms with E-state index in [9.17, 15) is 14.7 Å². The number of carbonyl (C=O) groups is 2. The molecule has 1 aromatic heterocycles. The van der Waals surface area contributed by atoms with Crippen molar-refractivity contribution < 1.29 is 70.6 Å². The number of hydrogen-bond donors (Lipinski definition) is 2. The van der Waals surface area contributed by atoms with Gasteiger partial charge in [-0.3, -0.25) is 0 Å². The summed E-state index contributed by atoms with van der Waals surface area (Å²) in [5, 5.41) is 20.0. The van der Waals surface area contributed by atoms with Crippen molar-refractivity contribution >= 4 is 17.7 Å². The number of urea groups is 1. The number of carboxylic acid groups (broad SMARTS) is 1. The molecule has 0 bridgehead atoms. The van der Waals surface area contributed by atoms with E-state index in [0.717, 1.165) is 18.4 Å². The summed E-state index contributed by atoms with van der Waals surface area (Å²) >= 11 is 0. The summed E-state index contributed by atoms with van der Waals surface area (Å²) in [4.78, 5) is 23.1. The van der Waals surface area contributed by atoms with Gasteiger partial charge in [-0.05, 0) is 24.5 Å². The van der Waals surface area contributed by atoms with E-state index in [2.05, 4.69) is 15.8 Å². The molecular weight excluding hydrogens is 337 g/mol. The van der Waals surface area contributed by atoms with Gasteiger partial charge in [0.1, 0.15) is 12.0 Å². The van der Waals surface area contributed by atoms with Crippen LogP contribution in [0, 0.1) is 5.92 Å². The summed E-state index contributed by atoms with van der Waals surface area (Å²) in [5.74, 6) is -0.892. The number of carboxylic acids is 1. The molecule has 1 aliphatic rings. The minimum Gasteiger partial charge on any atom is -0.548 e. The van der Waals surface area contributed by atoms with Gasteiger partial charge in [-0.1, -0.05) is 30.1 Å². The van der Waals surface area contributed by atoms with Crippen LogP contribution in [0.2, 0.25) is 0 Å². The van der Waals surface area contributed by atoms with E-state index in [-0.39, 0.29) is 51.4 Å². The molecule has 0 aliphatic heterocycles. The van der Waals surface area contributed by atoms with Crippen LogP contribution in [-0.2, 0) is 4.79 Å². The van der Waals surface area contributed by atoms with Crippen molar-refractivity contribution in [1.29, 1.82) is 0 Å². The maximum absolute atomic E-state index is 12.0. The minimum absolute atomic E-state index is 0. The second kappa shape index (κ2) is 8.77. The molecule has 2 amide bonds. The van der Waals surface area contributed by atoms with Crippen LogP contribution in [0.1, 0.15) is 19.3 Å². The van der Waals surface area contributed by atoms with Gasteiger partial charge in [-0.15, -0.1) is 0 Å². The summed E-state index contributed by atoms with van der Waals surface area (Å²) in [5.41, 5.74) is 1.97. The third-order valence-electron chi connectivity index (χ3n) is 3.71. The molecule has 1 saturated carbocycles. The van der Waals surface area contributed by atoms with Crippen molar-refractivity contribution in [3.05, 3.63) is 36.6 Å². The zero-order valence-corrected chi connectivity index (χ0v) is 16.4. The quantitative estimate of drug-likeness (QED) is 0.608. The molecule has 1 unspecified atom stereocenters. The Bertz CT molecular complexity index is 701. The predicted octanol–water partition coefficient (Wildman–Crippen LogP) is -1.61. The van der Waals surface area contributed by atoms with Crippen LogP contribution in [0.15, 0.2) is 41.1 Å². The van der Waals surface area contributed by atoms with Gasteiger partial charge in [0.25, 0.3) is 0 Å². The predicted molar refractivity (Wildman–Crippen MR) is 80.2 cm³/mol. The van der Waals surface area contributed by atoms with Crippen LogP contribution >= 0.6 is 0 Å². The Kier molecular flexibility index (Phi) is 6.99. The topological polar surface area (TPSA) is 107 Å². The number of rotatable bonds is 6. The van der Waals surface area contributed by atoms with Crippen molar-refractivity contribution in [3.63, 3.8) is 0 Å². The van der Waals surface area contributed by atoms with Crippen molar-refractivity contribution in [2.24, 2.45) is 5.92 Å². The smallest absolute Gasteiger partial charge is 0.548 e. The minimum atomic E-state index is -1.26. The first-order valence-corrected chi connectivity index (χ1v) is 7.41. The maximum atomic E-state index is 12.0. The summed E-state index contributed by atoms with van der Waals surface area (Å²) in [6, 6.07) is 7.20. The van der Waals surface area contributed by atoms with Gasteiger partial charge in [0.2, 0.25) is 0 Å². The molecule has 7 nitrogen and oxygen atoms in total. The Balaban J connectivity index is 0.00000208. The molecule has 8 heteroatoms. The van der Waals surface area contributed by atoms with Crippen LogP contribution in [0.3, 0.4) is 0 Å². The molecule has 1 fully saturated rings. The standard InChI is InChI=1S/C16H17N3O4.K/c20-15(21)14(8-10-4-5-10)18-16(22)17-12-3-1-2-11(9-12)13-6-7-23-19-13;/h1-3,6-7,9-10,14H,4-5,8H2,(H,20,21)(H2,17,18,22);/q;+1/p-1. The van der Waals surface area contributed by atoms with Crippen molar-refractivity contribution in [1.82, 2.24) is 10.5 Å². The SMILES string of the molecule is O=C(Nc1cccc(-c2ccon2)c1)NC(CC1CC1)C(=O)[O-].[K+]. The largest absolute Gasteiger partial charge is 1.00 e. The van der Waals surface area contributed by atoms with Gasteiger partial charge < -0.3 is 25.1 Å². The number of aliphatic carboxylic acids is 1. The molecule has 0 saturated heterocycles. The summed E-state index contributed by atoms with van der Waals surface area (Å²) in [6.45, 7) is 0. The van der Waals surface area contributed by atoms with Gasteiger partial charge in [0, 0.05) is 17.3 Å². The van der Waals surface area contributed by atoms with E-state index in [1.807, 2.05) is 6.07 Å². The molecule has 0 spiro atoms. The van der Waals surface area contributed by atoms with Crippen molar-refractivity contribution in [2.45, 2.75) is 25.3 Å². The second-order valence-corrected chi connectivity index (χ2v) is 5.61. The molecule has 1 heterocycles. The number of benzene rings is 1. The Labute approximate surface area is 181 Å². The van der Waals surface area contributed by atoms with Gasteiger partial charge in [-0.25, -0.2) is 4.79 Å². The van der Waals surface area contributed by atoms with Crippen molar-refractivity contribution in [2.75, 3.05) is 5.32 Å². The maximum Gasteiger partial charge on any atom is 1.00 e. The third-order valence-corrected chi connectivity index (χ3v) is 3.71. The molecule has 120 valence electrons. The molecule has 1 aliphatic carbocycles. The van der Waals surface area contributed by atoms with Crippen LogP contribution in [0.5, 0.6) is 0 Å². The van der Waals surface area contributed by atoms with Gasteiger partial charge in [-0.2, -0.15) is 0 Å². The fourth-order valence-corrected chi connectivity index (χ4v) is 2.34. The van der Waals surface area contributed by atoms with Crippen LogP contribution < -0.4 is 67.1 Å². The van der Waals surface area contributed by atoms with Crippen LogP contribution in [-0.4, -0.2) is 23.2 Å². The van der Waals surface area contributed by atoms with Gasteiger partial charge >= 0.3 is 57.4 Å². The fourth-order valence-electron chi connectivity index (χ4n) is 2.34. The molecule has 3 rings (SSSR count). The zero-order chi connectivity index (χ0) is 16.2. The van der Waals surface area contributed by atoms with Gasteiger partial charge in [0.05, 0.1) is 12.0 Å². The number of nitrogens with zero attached hydrogens (tertiary/aromatic N) is 1. The number of anilines is 1. The number of nitrogens with one attached hydrogen (secondary N) is 2. The number of amides is 2. The van der Waals surface area contributed by atoms with E-state index in [4.69, 9.17) is 4.52 Å². The van der Waals surface area contributed by atoms with E-state index in [0.29, 0.717) is 23.7 Å². The summed E-state index contributed by atoms with van der Waals surface area (Å²) < 4.78 is 4.79. The Hall–Kier alpha value is -1.19. The molecule has 0 radical (unpaired) electrons. The molecular formula is C16H16KN3O4. The summed E-state index contributed by atoms with van der Waals surface area (Å²) in [6.07, 6.45) is 3.89. The number of hydrogen-bond acceptors (Lipinski definition) is 5. The van der Waals surface area contributed by atoms with Crippen LogP contribution in [0.4, 0.5) is 10.5 Å². The van der Waals surface area contributed by atoms with E-state index < -0.39 is 18.0 Å². The molecule has 24 heavy (non-hydrogen) atoms. The van der Waals surface area contributed by atoms with E-state index >= 15 is 0 Å². The zero-order valence-electron chi connectivity index (χ0n) is 13.3. The van der Waals surface area contributed by atoms with Crippen LogP contribution in [0.25, 0.3) is 11.3 Å². The van der Waals surface area contributed by atoms with Gasteiger partial charge in [0.15, 0.2) is 0 Å². The Morgan fingerprint density at radius 1 is 1.33 bits per heavy atom. The first-order valence-electron chi connectivity index (χ1n) is 7.41. The molecule has 2 aromatic rings. The first kappa shape index (κ1) is 19.1. The normalized spacial score (nSPS) is 14.3. The Morgan fingerprint density at radius 2 is 2.12 bits per heavy atom. The number of carbonyl (C=O) groups excluding carboxylic acids is 2. The molecule has 2 N–H and O–H groups in total. The van der Waals surface area contributed by atoms with Crippen molar-refractivity contribution in [3.8, 4) is 11.3 Å². The molecule has 1 aromatic carbocycles. The van der Waals surface area contributed by atoms with E-state index in [1.54, 1.807) is 24.3 Å². The van der Waals surface area contributed by atoms with E-state index in [1.165, 1.54) is 6.26 Å². The molecule has 1 atom stereocenters. The average molecular weight is 353 g/mol. The summed E-state index contributed by atoms with van der Waals surface area (Å²) in [7, 11) is 0. The third kappa shape index (κ3) is 5.42. The Morgan fingerprint density at radius 3 is 2.75 bits per heavy atom. The first-order chi connectivity index (χ1) is 11.1. The fraction of sp³-hybridized carbons (Fsp3) is 0.312. The average Bonchev–Trinajstić information content (AvgIpc) is 3.16. The monoisotopic (exact) mass is 353 g/mol. The second-order valence-electron chi connectivity index (χ2n) is 5.61. The number of aromatic nitrogens is 1.